The smallest absolute Gasteiger partial charge is 0.242 e. The van der Waals surface area contributed by atoms with Gasteiger partial charge in [-0.3, -0.25) is 14.8 Å². The molecule has 0 aromatic heterocycles. The highest BCUT2D eigenvalue weighted by molar-refractivity contribution is 5.81. The Bertz CT molecular complexity index is 364. The number of nitrogens with two attached hydrogens (primary N) is 1. The van der Waals surface area contributed by atoms with Gasteiger partial charge in [0, 0.05) is 25.7 Å². The number of benzene rings is 1. The van der Waals surface area contributed by atoms with Crippen molar-refractivity contribution in [2.45, 2.75) is 6.42 Å². The van der Waals surface area contributed by atoms with Crippen molar-refractivity contribution in [3.05, 3.63) is 24.3 Å². The molecule has 1 aliphatic rings. The van der Waals surface area contributed by atoms with Crippen molar-refractivity contribution in [1.82, 2.24) is 5.01 Å². The van der Waals surface area contributed by atoms with E-state index in [1.54, 1.807) is 12.1 Å². The van der Waals surface area contributed by atoms with Gasteiger partial charge in [0.15, 0.2) is 0 Å². The Balaban J connectivity index is 2.28. The van der Waals surface area contributed by atoms with Crippen molar-refractivity contribution >= 4 is 17.3 Å². The van der Waals surface area contributed by atoms with Crippen LogP contribution in [0.2, 0.25) is 0 Å². The molecule has 1 saturated heterocycles. The molecule has 1 amide bonds. The maximum absolute atomic E-state index is 11.3. The predicted octanol–water partition coefficient (Wildman–Crippen LogP) is 0.852. The maximum Gasteiger partial charge on any atom is 0.242 e. The lowest BCUT2D eigenvalue weighted by Gasteiger charge is -2.26. The first-order chi connectivity index (χ1) is 6.68. The minimum atomic E-state index is 0.146. The van der Waals surface area contributed by atoms with E-state index < -0.39 is 0 Å². The Morgan fingerprint density at radius 1 is 1.43 bits per heavy atom. The Labute approximate surface area is 82.9 Å². The second-order valence-corrected chi connectivity index (χ2v) is 3.39. The number of hydrogen-bond acceptors (Lipinski definition) is 3. The van der Waals surface area contributed by atoms with Gasteiger partial charge >= 0.3 is 0 Å². The van der Waals surface area contributed by atoms with E-state index in [0.717, 1.165) is 17.9 Å². The Hall–Kier alpha value is -1.71. The van der Waals surface area contributed by atoms with E-state index in [4.69, 9.17) is 5.73 Å². The molecule has 74 valence electrons. The molecule has 14 heavy (non-hydrogen) atoms. The summed E-state index contributed by atoms with van der Waals surface area (Å²) in [5.74, 6) is 0.146. The molecule has 2 N–H and O–H groups in total. The lowest BCUT2D eigenvalue weighted by atomic mass is 10.3. The zero-order valence-corrected chi connectivity index (χ0v) is 8.10. The average molecular weight is 191 g/mol. The number of carbonyl (C=O) groups is 1. The van der Waals surface area contributed by atoms with Crippen molar-refractivity contribution in [2.24, 2.45) is 0 Å². The summed E-state index contributed by atoms with van der Waals surface area (Å²) < 4.78 is 0. The van der Waals surface area contributed by atoms with Gasteiger partial charge in [0.05, 0.1) is 5.69 Å². The first-order valence-electron chi connectivity index (χ1n) is 4.58. The molecule has 0 unspecified atom stereocenters. The monoisotopic (exact) mass is 191 g/mol. The molecular formula is C10H13N3O. The van der Waals surface area contributed by atoms with E-state index in [1.165, 1.54) is 0 Å². The van der Waals surface area contributed by atoms with Crippen LogP contribution in [-0.2, 0) is 4.79 Å². The van der Waals surface area contributed by atoms with Gasteiger partial charge in [-0.1, -0.05) is 6.07 Å². The van der Waals surface area contributed by atoms with E-state index >= 15 is 0 Å². The SMILES string of the molecule is CN1C(=O)CCN1c1cccc(N)c1. The molecule has 1 aromatic carbocycles. The number of amides is 1. The molecule has 1 fully saturated rings. The van der Waals surface area contributed by atoms with Crippen LogP contribution in [0.15, 0.2) is 24.3 Å². The van der Waals surface area contributed by atoms with Crippen molar-refractivity contribution < 1.29 is 4.79 Å². The molecule has 0 aliphatic carbocycles. The minimum absolute atomic E-state index is 0.146. The standard InChI is InChI=1S/C10H13N3O/c1-12-10(14)5-6-13(12)9-4-2-3-8(11)7-9/h2-4,7H,5-6,11H2,1H3. The van der Waals surface area contributed by atoms with E-state index in [-0.39, 0.29) is 5.91 Å². The van der Waals surface area contributed by atoms with Crippen LogP contribution in [0.5, 0.6) is 0 Å². The van der Waals surface area contributed by atoms with Gasteiger partial charge in [0.1, 0.15) is 0 Å². The fraction of sp³-hybridized carbons (Fsp3) is 0.300. The van der Waals surface area contributed by atoms with E-state index in [9.17, 15) is 4.79 Å². The molecule has 0 radical (unpaired) electrons. The van der Waals surface area contributed by atoms with Gasteiger partial charge in [-0.15, -0.1) is 0 Å². The highest BCUT2D eigenvalue weighted by atomic mass is 16.2. The third-order valence-electron chi connectivity index (χ3n) is 2.43. The number of rotatable bonds is 1. The molecule has 0 atom stereocenters. The van der Waals surface area contributed by atoms with Crippen LogP contribution in [0.1, 0.15) is 6.42 Å². The number of nitrogen functional groups attached to an aromatic ring is 1. The normalized spacial score (nSPS) is 16.5. The Morgan fingerprint density at radius 3 is 2.79 bits per heavy atom. The second kappa shape index (κ2) is 3.21. The minimum Gasteiger partial charge on any atom is -0.399 e. The van der Waals surface area contributed by atoms with Crippen LogP contribution >= 0.6 is 0 Å². The molecule has 1 heterocycles. The van der Waals surface area contributed by atoms with Crippen LogP contribution < -0.4 is 10.7 Å². The molecule has 0 spiro atoms. The van der Waals surface area contributed by atoms with Crippen LogP contribution in [-0.4, -0.2) is 24.5 Å². The largest absolute Gasteiger partial charge is 0.399 e. The van der Waals surface area contributed by atoms with Gasteiger partial charge in [0.25, 0.3) is 0 Å². The van der Waals surface area contributed by atoms with E-state index in [2.05, 4.69) is 0 Å². The molecule has 1 aliphatic heterocycles. The quantitative estimate of drug-likeness (QED) is 0.669. The second-order valence-electron chi connectivity index (χ2n) is 3.39. The summed E-state index contributed by atoms with van der Waals surface area (Å²) in [7, 11) is 1.78. The summed E-state index contributed by atoms with van der Waals surface area (Å²) in [5, 5.41) is 3.56. The fourth-order valence-corrected chi connectivity index (χ4v) is 1.64. The molecular weight excluding hydrogens is 178 g/mol. The number of carbonyl (C=O) groups excluding carboxylic acids is 1. The summed E-state index contributed by atoms with van der Waals surface area (Å²) in [6.07, 6.45) is 0.575. The molecule has 4 heteroatoms. The first-order valence-corrected chi connectivity index (χ1v) is 4.58. The summed E-state index contributed by atoms with van der Waals surface area (Å²) in [6.45, 7) is 0.735. The van der Waals surface area contributed by atoms with Crippen molar-refractivity contribution in [1.29, 1.82) is 0 Å². The summed E-state index contributed by atoms with van der Waals surface area (Å²) in [4.78, 5) is 11.3. The van der Waals surface area contributed by atoms with E-state index in [0.29, 0.717) is 6.42 Å². The summed E-state index contributed by atoms with van der Waals surface area (Å²) in [6, 6.07) is 7.54. The summed E-state index contributed by atoms with van der Waals surface area (Å²) in [5.41, 5.74) is 7.36. The third kappa shape index (κ3) is 1.39. The average Bonchev–Trinajstić information content (AvgIpc) is 2.48. The van der Waals surface area contributed by atoms with Gasteiger partial charge in [0.2, 0.25) is 5.91 Å². The van der Waals surface area contributed by atoms with E-state index in [1.807, 2.05) is 29.3 Å². The van der Waals surface area contributed by atoms with Crippen molar-refractivity contribution in [3.63, 3.8) is 0 Å². The van der Waals surface area contributed by atoms with Crippen molar-refractivity contribution in [2.75, 3.05) is 24.3 Å². The molecule has 2 rings (SSSR count). The topological polar surface area (TPSA) is 49.6 Å². The van der Waals surface area contributed by atoms with Crippen LogP contribution in [0.3, 0.4) is 0 Å². The number of hydrazine groups is 1. The lowest BCUT2D eigenvalue weighted by molar-refractivity contribution is -0.126. The van der Waals surface area contributed by atoms with Crippen LogP contribution in [0.4, 0.5) is 11.4 Å². The molecule has 4 nitrogen and oxygen atoms in total. The summed E-state index contributed by atoms with van der Waals surface area (Å²) >= 11 is 0. The van der Waals surface area contributed by atoms with Gasteiger partial charge in [-0.05, 0) is 18.2 Å². The van der Waals surface area contributed by atoms with Gasteiger partial charge < -0.3 is 5.73 Å². The predicted molar refractivity (Wildman–Crippen MR) is 55.6 cm³/mol. The zero-order chi connectivity index (χ0) is 10.1. The lowest BCUT2D eigenvalue weighted by Crippen LogP contribution is -2.35. The van der Waals surface area contributed by atoms with Crippen LogP contribution in [0, 0.1) is 0 Å². The third-order valence-corrected chi connectivity index (χ3v) is 2.43. The highest BCUT2D eigenvalue weighted by Gasteiger charge is 2.25. The van der Waals surface area contributed by atoms with Crippen molar-refractivity contribution in [3.8, 4) is 0 Å². The fourth-order valence-electron chi connectivity index (χ4n) is 1.64. The maximum atomic E-state index is 11.3. The Kier molecular flexibility index (Phi) is 2.04. The first kappa shape index (κ1) is 8.87. The Morgan fingerprint density at radius 2 is 2.21 bits per heavy atom. The number of anilines is 2. The van der Waals surface area contributed by atoms with Crippen LogP contribution in [0.25, 0.3) is 0 Å². The molecule has 0 saturated carbocycles. The number of hydrogen-bond donors (Lipinski definition) is 1. The molecule has 0 bridgehead atoms. The molecule has 1 aromatic rings. The van der Waals surface area contributed by atoms with Gasteiger partial charge in [-0.25, -0.2) is 0 Å². The highest BCUT2D eigenvalue weighted by Crippen LogP contribution is 2.22. The van der Waals surface area contributed by atoms with Gasteiger partial charge in [-0.2, -0.15) is 0 Å². The zero-order valence-electron chi connectivity index (χ0n) is 8.10. The number of nitrogens with zero attached hydrogens (tertiary/aromatic N) is 2.